The number of hydrogen-bond donors (Lipinski definition) is 0. The molecule has 2 aliphatic carbocycles. The molecule has 0 heteroatoms. The SMILES string of the molecule is C=C(C)CCc1cccc2c1CC1(C)C[C@@H](C)C(CCC(C)CCCCC)C1C2. The Bertz CT molecular complexity index is 683. The predicted molar refractivity (Wildman–Crippen MR) is 128 cm³/mol. The fraction of sp³-hybridized carbons (Fsp3) is 0.724. The van der Waals surface area contributed by atoms with Gasteiger partial charge < -0.3 is 0 Å². The molecule has 0 bridgehead atoms. The summed E-state index contributed by atoms with van der Waals surface area (Å²) in [5.74, 6) is 3.62. The van der Waals surface area contributed by atoms with Crippen molar-refractivity contribution in [1.29, 1.82) is 0 Å². The lowest BCUT2D eigenvalue weighted by Gasteiger charge is -2.41. The third-order valence-corrected chi connectivity index (χ3v) is 8.44. The lowest BCUT2D eigenvalue weighted by molar-refractivity contribution is 0.163. The third kappa shape index (κ3) is 5.36. The average Bonchev–Trinajstić information content (AvgIpc) is 2.91. The van der Waals surface area contributed by atoms with Crippen molar-refractivity contribution in [2.45, 2.75) is 105 Å². The van der Waals surface area contributed by atoms with Crippen molar-refractivity contribution in [3.8, 4) is 0 Å². The molecule has 0 amide bonds. The van der Waals surface area contributed by atoms with Gasteiger partial charge in [-0.2, -0.15) is 0 Å². The lowest BCUT2D eigenvalue weighted by atomic mass is 9.64. The average molecular weight is 395 g/mol. The number of unbranched alkanes of at least 4 members (excludes halogenated alkanes) is 2. The van der Waals surface area contributed by atoms with Crippen LogP contribution in [0.2, 0.25) is 0 Å². The zero-order valence-corrected chi connectivity index (χ0v) is 20.0. The Kier molecular flexibility index (Phi) is 7.69. The first-order chi connectivity index (χ1) is 13.8. The Labute approximate surface area is 181 Å². The summed E-state index contributed by atoms with van der Waals surface area (Å²) in [4.78, 5) is 0. The number of rotatable bonds is 10. The van der Waals surface area contributed by atoms with E-state index in [1.165, 1.54) is 69.8 Å². The van der Waals surface area contributed by atoms with Crippen LogP contribution in [0, 0.1) is 29.1 Å². The Balaban J connectivity index is 1.69. The number of allylic oxidation sites excluding steroid dienone is 1. The van der Waals surface area contributed by atoms with Crippen molar-refractivity contribution in [2.75, 3.05) is 0 Å². The molecule has 5 atom stereocenters. The van der Waals surface area contributed by atoms with Crippen molar-refractivity contribution in [3.63, 3.8) is 0 Å². The molecular weight excluding hydrogens is 348 g/mol. The maximum Gasteiger partial charge on any atom is -0.0216 e. The highest BCUT2D eigenvalue weighted by Crippen LogP contribution is 2.57. The Hall–Kier alpha value is -1.04. The van der Waals surface area contributed by atoms with E-state index in [1.54, 1.807) is 16.7 Å². The van der Waals surface area contributed by atoms with E-state index in [0.29, 0.717) is 5.41 Å². The molecule has 162 valence electrons. The summed E-state index contributed by atoms with van der Waals surface area (Å²) in [6, 6.07) is 7.14. The minimum atomic E-state index is 0.516. The van der Waals surface area contributed by atoms with Gasteiger partial charge in [-0.25, -0.2) is 0 Å². The lowest BCUT2D eigenvalue weighted by Crippen LogP contribution is -2.34. The molecule has 0 heterocycles. The molecule has 0 radical (unpaired) electrons. The van der Waals surface area contributed by atoms with Gasteiger partial charge in [-0.3, -0.25) is 0 Å². The maximum absolute atomic E-state index is 4.13. The van der Waals surface area contributed by atoms with Gasteiger partial charge in [0.2, 0.25) is 0 Å². The van der Waals surface area contributed by atoms with Gasteiger partial charge in [0, 0.05) is 0 Å². The summed E-state index contributed by atoms with van der Waals surface area (Å²) in [5, 5.41) is 0. The molecule has 0 N–H and O–H groups in total. The summed E-state index contributed by atoms with van der Waals surface area (Å²) < 4.78 is 0. The van der Waals surface area contributed by atoms with Gasteiger partial charge in [-0.05, 0) is 91.2 Å². The van der Waals surface area contributed by atoms with Gasteiger partial charge in [0.25, 0.3) is 0 Å². The molecule has 0 aromatic heterocycles. The highest BCUT2D eigenvalue weighted by Gasteiger charge is 2.50. The minimum Gasteiger partial charge on any atom is -0.100 e. The first-order valence-corrected chi connectivity index (χ1v) is 12.6. The van der Waals surface area contributed by atoms with Crippen LogP contribution in [0.1, 0.15) is 103 Å². The van der Waals surface area contributed by atoms with E-state index in [1.807, 2.05) is 0 Å². The molecular formula is C29H46. The molecule has 0 nitrogen and oxygen atoms in total. The second-order valence-electron chi connectivity index (χ2n) is 11.2. The molecule has 4 unspecified atom stereocenters. The molecule has 0 aliphatic heterocycles. The Morgan fingerprint density at radius 3 is 2.76 bits per heavy atom. The summed E-state index contributed by atoms with van der Waals surface area (Å²) in [6.45, 7) is 16.3. The van der Waals surface area contributed by atoms with Crippen LogP contribution in [0.15, 0.2) is 30.4 Å². The number of fused-ring (bicyclic) bond motifs is 2. The maximum atomic E-state index is 4.13. The van der Waals surface area contributed by atoms with E-state index in [9.17, 15) is 0 Å². The minimum absolute atomic E-state index is 0.516. The van der Waals surface area contributed by atoms with Crippen LogP contribution in [0.5, 0.6) is 0 Å². The number of benzene rings is 1. The van der Waals surface area contributed by atoms with Crippen LogP contribution in [-0.4, -0.2) is 0 Å². The highest BCUT2D eigenvalue weighted by molar-refractivity contribution is 5.40. The van der Waals surface area contributed by atoms with Crippen molar-refractivity contribution >= 4 is 0 Å². The van der Waals surface area contributed by atoms with Gasteiger partial charge >= 0.3 is 0 Å². The van der Waals surface area contributed by atoms with Crippen molar-refractivity contribution in [2.24, 2.45) is 29.1 Å². The van der Waals surface area contributed by atoms with Crippen LogP contribution < -0.4 is 0 Å². The quantitative estimate of drug-likeness (QED) is 0.275. The first-order valence-electron chi connectivity index (χ1n) is 12.6. The van der Waals surface area contributed by atoms with Crippen LogP contribution >= 0.6 is 0 Å². The molecule has 1 saturated carbocycles. The number of hydrogen-bond acceptors (Lipinski definition) is 0. The van der Waals surface area contributed by atoms with Crippen molar-refractivity contribution in [3.05, 3.63) is 47.0 Å². The van der Waals surface area contributed by atoms with Crippen LogP contribution in [0.4, 0.5) is 0 Å². The van der Waals surface area contributed by atoms with E-state index in [-0.39, 0.29) is 0 Å². The summed E-state index contributed by atoms with van der Waals surface area (Å²) >= 11 is 0. The summed E-state index contributed by atoms with van der Waals surface area (Å²) in [7, 11) is 0. The van der Waals surface area contributed by atoms with E-state index in [4.69, 9.17) is 0 Å². The predicted octanol–water partition coefficient (Wildman–Crippen LogP) is 8.57. The molecule has 1 aromatic carbocycles. The van der Waals surface area contributed by atoms with Gasteiger partial charge in [0.1, 0.15) is 0 Å². The zero-order chi connectivity index (χ0) is 21.0. The van der Waals surface area contributed by atoms with E-state index in [0.717, 1.165) is 30.1 Å². The third-order valence-electron chi connectivity index (χ3n) is 8.44. The van der Waals surface area contributed by atoms with Crippen molar-refractivity contribution < 1.29 is 0 Å². The van der Waals surface area contributed by atoms with Crippen molar-refractivity contribution in [1.82, 2.24) is 0 Å². The second-order valence-corrected chi connectivity index (χ2v) is 11.2. The topological polar surface area (TPSA) is 0 Å². The molecule has 1 fully saturated rings. The number of aryl methyl sites for hydroxylation is 1. The van der Waals surface area contributed by atoms with E-state index < -0.39 is 0 Å². The monoisotopic (exact) mass is 394 g/mol. The highest BCUT2D eigenvalue weighted by atomic mass is 14.5. The summed E-state index contributed by atoms with van der Waals surface area (Å²) in [6.07, 6.45) is 14.9. The molecule has 0 saturated heterocycles. The summed E-state index contributed by atoms with van der Waals surface area (Å²) in [5.41, 5.74) is 6.80. The fourth-order valence-electron chi connectivity index (χ4n) is 6.73. The molecule has 1 aromatic rings. The second kappa shape index (κ2) is 9.84. The standard InChI is InChI=1S/C29H46/c1-7-8-9-11-22(4)15-17-26-23(5)19-29(6)20-27-24(16-14-21(2)3)12-10-13-25(27)18-28(26)29/h10,12-13,22-23,26,28H,2,7-9,11,14-20H2,1,3-6H3/t22?,23-,26?,28?,29?/m1/s1. The molecule has 0 spiro atoms. The smallest absolute Gasteiger partial charge is 0.0216 e. The fourth-order valence-corrected chi connectivity index (χ4v) is 6.73. The molecule has 3 rings (SSSR count). The largest absolute Gasteiger partial charge is 0.100 e. The normalized spacial score (nSPS) is 29.3. The molecule has 29 heavy (non-hydrogen) atoms. The van der Waals surface area contributed by atoms with Gasteiger partial charge in [-0.1, -0.05) is 83.6 Å². The van der Waals surface area contributed by atoms with Crippen LogP contribution in [-0.2, 0) is 19.3 Å². The van der Waals surface area contributed by atoms with E-state index in [2.05, 4.69) is 59.4 Å². The van der Waals surface area contributed by atoms with Gasteiger partial charge in [-0.15, -0.1) is 6.58 Å². The van der Waals surface area contributed by atoms with Crippen LogP contribution in [0.25, 0.3) is 0 Å². The Morgan fingerprint density at radius 1 is 1.24 bits per heavy atom. The van der Waals surface area contributed by atoms with Crippen LogP contribution in [0.3, 0.4) is 0 Å². The molecule has 2 aliphatic rings. The first kappa shape index (κ1) is 22.6. The van der Waals surface area contributed by atoms with E-state index >= 15 is 0 Å². The van der Waals surface area contributed by atoms with Gasteiger partial charge in [0.15, 0.2) is 0 Å². The Morgan fingerprint density at radius 2 is 2.03 bits per heavy atom. The zero-order valence-electron chi connectivity index (χ0n) is 20.0. The van der Waals surface area contributed by atoms with Gasteiger partial charge in [0.05, 0.1) is 0 Å².